The van der Waals surface area contributed by atoms with Gasteiger partial charge in [-0.1, -0.05) is 18.2 Å². The third-order valence-corrected chi connectivity index (χ3v) is 5.04. The van der Waals surface area contributed by atoms with Crippen molar-refractivity contribution in [1.29, 1.82) is 0 Å². The summed E-state index contributed by atoms with van der Waals surface area (Å²) in [6.45, 7) is 6.66. The van der Waals surface area contributed by atoms with E-state index >= 15 is 0 Å². The van der Waals surface area contributed by atoms with Gasteiger partial charge in [-0.25, -0.2) is 0 Å². The number of carbonyl (C=O) groups excluding carboxylic acids is 1. The van der Waals surface area contributed by atoms with Crippen molar-refractivity contribution in [3.05, 3.63) is 29.8 Å². The number of carbonyl (C=O) groups is 1. The second kappa shape index (κ2) is 7.26. The van der Waals surface area contributed by atoms with Gasteiger partial charge in [-0.3, -0.25) is 4.79 Å². The average Bonchev–Trinajstić information content (AvgIpc) is 3.40. The Morgan fingerprint density at radius 2 is 2.04 bits per heavy atom. The minimum atomic E-state index is -0.379. The Hall–Kier alpha value is -2.35. The van der Waals surface area contributed by atoms with Gasteiger partial charge in [0.15, 0.2) is 5.66 Å². The molecule has 0 N–H and O–H groups in total. The van der Waals surface area contributed by atoms with Crippen molar-refractivity contribution in [3.8, 4) is 12.3 Å². The summed E-state index contributed by atoms with van der Waals surface area (Å²) in [6, 6.07) is 8.79. The fourth-order valence-electron chi connectivity index (χ4n) is 3.44. The topological polar surface area (TPSA) is 48.3 Å². The highest BCUT2D eigenvalue weighted by Gasteiger charge is 2.39. The van der Waals surface area contributed by atoms with Crippen LogP contribution in [0.2, 0.25) is 0 Å². The van der Waals surface area contributed by atoms with Crippen LogP contribution in [0.3, 0.4) is 0 Å². The first-order chi connectivity index (χ1) is 12.0. The number of rotatable bonds is 6. The van der Waals surface area contributed by atoms with Crippen molar-refractivity contribution in [3.63, 3.8) is 0 Å². The standard InChI is InChI=1S/C20H26N4O/c1-4-5-11-20(21-22-20)12-10-19(25)23-13-14-24(16(2)3)18-9-7-6-8-17(18)15-23/h1,6-9,16H,5,10-15H2,2-3H3. The fraction of sp³-hybridized carbons (Fsp3) is 0.550. The van der Waals surface area contributed by atoms with Crippen molar-refractivity contribution in [2.75, 3.05) is 18.0 Å². The Bertz CT molecular complexity index is 698. The lowest BCUT2D eigenvalue weighted by atomic mass is 10.0. The predicted octanol–water partition coefficient (Wildman–Crippen LogP) is 3.60. The van der Waals surface area contributed by atoms with Gasteiger partial charge in [0, 0.05) is 57.0 Å². The average molecular weight is 338 g/mol. The van der Waals surface area contributed by atoms with Gasteiger partial charge in [0.25, 0.3) is 0 Å². The number of benzene rings is 1. The number of fused-ring (bicyclic) bond motifs is 1. The molecule has 0 radical (unpaired) electrons. The molecule has 0 bridgehead atoms. The minimum absolute atomic E-state index is 0.179. The molecule has 0 spiro atoms. The Labute approximate surface area is 150 Å². The summed E-state index contributed by atoms with van der Waals surface area (Å²) in [6.07, 6.45) is 7.87. The van der Waals surface area contributed by atoms with E-state index in [1.165, 1.54) is 11.3 Å². The summed E-state index contributed by atoms with van der Waals surface area (Å²) in [5.74, 6) is 2.81. The molecule has 0 aliphatic carbocycles. The monoisotopic (exact) mass is 338 g/mol. The SMILES string of the molecule is C#CCCC1(CCC(=O)N2CCN(C(C)C)c3ccccc3C2)N=N1. The molecule has 132 valence electrons. The maximum atomic E-state index is 12.8. The van der Waals surface area contributed by atoms with Crippen molar-refractivity contribution in [1.82, 2.24) is 4.90 Å². The second-order valence-corrected chi connectivity index (χ2v) is 7.12. The predicted molar refractivity (Wildman–Crippen MR) is 99.2 cm³/mol. The first-order valence-corrected chi connectivity index (χ1v) is 9.04. The summed E-state index contributed by atoms with van der Waals surface area (Å²) in [7, 11) is 0. The number of para-hydroxylation sites is 1. The molecule has 0 unspecified atom stereocenters. The molecule has 0 aromatic heterocycles. The van der Waals surface area contributed by atoms with Gasteiger partial charge in [0.05, 0.1) is 0 Å². The zero-order chi connectivity index (χ0) is 17.9. The fourth-order valence-corrected chi connectivity index (χ4v) is 3.44. The smallest absolute Gasteiger partial charge is 0.223 e. The van der Waals surface area contributed by atoms with E-state index in [4.69, 9.17) is 6.42 Å². The Morgan fingerprint density at radius 3 is 2.72 bits per heavy atom. The molecule has 2 aliphatic rings. The van der Waals surface area contributed by atoms with E-state index in [9.17, 15) is 4.79 Å². The van der Waals surface area contributed by atoms with Crippen molar-refractivity contribution in [2.45, 2.75) is 57.8 Å². The van der Waals surface area contributed by atoms with E-state index in [0.29, 0.717) is 31.8 Å². The van der Waals surface area contributed by atoms with Gasteiger partial charge in [-0.05, 0) is 25.5 Å². The van der Waals surface area contributed by atoms with E-state index in [2.05, 4.69) is 53.1 Å². The van der Waals surface area contributed by atoms with Gasteiger partial charge < -0.3 is 9.80 Å². The van der Waals surface area contributed by atoms with Crippen LogP contribution >= 0.6 is 0 Å². The summed E-state index contributed by atoms with van der Waals surface area (Å²) in [4.78, 5) is 17.1. The van der Waals surface area contributed by atoms with Crippen molar-refractivity contribution < 1.29 is 4.79 Å². The summed E-state index contributed by atoms with van der Waals surface area (Å²) in [5.41, 5.74) is 2.07. The molecule has 1 aromatic rings. The van der Waals surface area contributed by atoms with Crippen LogP contribution < -0.4 is 4.90 Å². The molecule has 1 aromatic carbocycles. The Kier molecular flexibility index (Phi) is 5.08. The number of amides is 1. The number of terminal acetylenes is 1. The maximum absolute atomic E-state index is 12.8. The lowest BCUT2D eigenvalue weighted by Crippen LogP contribution is -2.38. The molecule has 1 amide bonds. The van der Waals surface area contributed by atoms with Crippen LogP contribution in [0.4, 0.5) is 5.69 Å². The van der Waals surface area contributed by atoms with Crippen LogP contribution in [0.1, 0.15) is 45.1 Å². The third kappa shape index (κ3) is 4.01. The molecular formula is C20H26N4O. The molecule has 0 saturated carbocycles. The number of hydrogen-bond acceptors (Lipinski definition) is 4. The molecule has 3 rings (SSSR count). The summed E-state index contributed by atoms with van der Waals surface area (Å²) >= 11 is 0. The lowest BCUT2D eigenvalue weighted by molar-refractivity contribution is -0.131. The molecule has 0 saturated heterocycles. The zero-order valence-corrected chi connectivity index (χ0v) is 15.1. The minimum Gasteiger partial charge on any atom is -0.367 e. The second-order valence-electron chi connectivity index (χ2n) is 7.12. The van der Waals surface area contributed by atoms with Gasteiger partial charge in [-0.2, -0.15) is 10.2 Å². The molecule has 25 heavy (non-hydrogen) atoms. The van der Waals surface area contributed by atoms with E-state index in [-0.39, 0.29) is 11.6 Å². The molecule has 5 heteroatoms. The largest absolute Gasteiger partial charge is 0.367 e. The van der Waals surface area contributed by atoms with Crippen LogP contribution in [0.15, 0.2) is 34.5 Å². The molecule has 5 nitrogen and oxygen atoms in total. The number of anilines is 1. The van der Waals surface area contributed by atoms with E-state index in [1.807, 2.05) is 11.0 Å². The van der Waals surface area contributed by atoms with Crippen molar-refractivity contribution in [2.24, 2.45) is 10.2 Å². The van der Waals surface area contributed by atoms with E-state index in [1.54, 1.807) is 0 Å². The normalized spacial score (nSPS) is 17.8. The van der Waals surface area contributed by atoms with Crippen LogP contribution in [0, 0.1) is 12.3 Å². The molecule has 2 aliphatic heterocycles. The van der Waals surface area contributed by atoms with E-state index in [0.717, 1.165) is 19.5 Å². The highest BCUT2D eigenvalue weighted by atomic mass is 16.2. The lowest BCUT2D eigenvalue weighted by Gasteiger charge is -2.28. The van der Waals surface area contributed by atoms with Crippen LogP contribution in [0.5, 0.6) is 0 Å². The van der Waals surface area contributed by atoms with Gasteiger partial charge >= 0.3 is 0 Å². The van der Waals surface area contributed by atoms with Crippen LogP contribution in [-0.2, 0) is 11.3 Å². The van der Waals surface area contributed by atoms with Gasteiger partial charge in [-0.15, -0.1) is 12.3 Å². The first-order valence-electron chi connectivity index (χ1n) is 9.04. The highest BCUT2D eigenvalue weighted by Crippen LogP contribution is 2.38. The van der Waals surface area contributed by atoms with Crippen LogP contribution in [-0.4, -0.2) is 35.6 Å². The number of nitrogens with zero attached hydrogens (tertiary/aromatic N) is 4. The number of hydrogen-bond donors (Lipinski definition) is 0. The Morgan fingerprint density at radius 1 is 1.28 bits per heavy atom. The summed E-state index contributed by atoms with van der Waals surface area (Å²) < 4.78 is 0. The molecule has 2 heterocycles. The summed E-state index contributed by atoms with van der Waals surface area (Å²) in [5, 5.41) is 8.26. The Balaban J connectivity index is 1.64. The van der Waals surface area contributed by atoms with Crippen molar-refractivity contribution >= 4 is 11.6 Å². The quantitative estimate of drug-likeness (QED) is 0.744. The first kappa shape index (κ1) is 17.5. The molecule has 0 atom stereocenters. The van der Waals surface area contributed by atoms with Gasteiger partial charge in [0.2, 0.25) is 5.91 Å². The van der Waals surface area contributed by atoms with Gasteiger partial charge in [0.1, 0.15) is 0 Å². The maximum Gasteiger partial charge on any atom is 0.223 e. The molecule has 0 fully saturated rings. The molecular weight excluding hydrogens is 312 g/mol. The van der Waals surface area contributed by atoms with Crippen LogP contribution in [0.25, 0.3) is 0 Å². The zero-order valence-electron chi connectivity index (χ0n) is 15.1. The third-order valence-electron chi connectivity index (χ3n) is 5.04. The van der Waals surface area contributed by atoms with E-state index < -0.39 is 0 Å². The highest BCUT2D eigenvalue weighted by molar-refractivity contribution is 5.77.